The van der Waals surface area contributed by atoms with Crippen LogP contribution in [0, 0.1) is 36.4 Å². The number of nitrogens with zero attached hydrogens (tertiary/aromatic N) is 2. The molecule has 2 aliphatic heterocycles. The lowest BCUT2D eigenvalue weighted by atomic mass is 9.49. The fraction of sp³-hybridized carbons (Fsp3) is 0.268. The van der Waals surface area contributed by atoms with E-state index in [1.165, 1.54) is 43.4 Å². The van der Waals surface area contributed by atoms with Crippen LogP contribution in [-0.2, 0) is 24.6 Å². The van der Waals surface area contributed by atoms with Gasteiger partial charge in [0.25, 0.3) is 11.8 Å². The number of imide groups is 2. The second-order valence-corrected chi connectivity index (χ2v) is 14.9. The van der Waals surface area contributed by atoms with Gasteiger partial charge in [0, 0.05) is 16.0 Å². The van der Waals surface area contributed by atoms with Gasteiger partial charge in [0.2, 0.25) is 17.6 Å². The van der Waals surface area contributed by atoms with Gasteiger partial charge in [-0.05, 0) is 103 Å². The Morgan fingerprint density at radius 3 is 2.15 bits per heavy atom. The Kier molecular flexibility index (Phi) is 8.69. The monoisotopic (exact) mass is 769 g/mol. The van der Waals surface area contributed by atoms with Gasteiger partial charge < -0.3 is 14.6 Å². The van der Waals surface area contributed by atoms with E-state index in [0.29, 0.717) is 38.1 Å². The number of carbonyl (C=O) groups excluding carboxylic acids is 4. The number of methoxy groups -OCH3 is 2. The van der Waals surface area contributed by atoms with Gasteiger partial charge in [0.1, 0.15) is 5.82 Å². The normalized spacial score (nSPS) is 26.0. The van der Waals surface area contributed by atoms with Crippen LogP contribution in [0.3, 0.4) is 0 Å². The molecule has 2 aliphatic carbocycles. The zero-order valence-electron chi connectivity index (χ0n) is 29.3. The van der Waals surface area contributed by atoms with Gasteiger partial charge in [0.15, 0.2) is 11.5 Å². The van der Waals surface area contributed by atoms with Gasteiger partial charge in [-0.2, -0.15) is 5.01 Å². The van der Waals surface area contributed by atoms with E-state index in [-0.39, 0.29) is 36.0 Å². The Balaban J connectivity index is 1.35. The van der Waals surface area contributed by atoms with E-state index < -0.39 is 58.5 Å². The topological polar surface area (TPSA) is 125 Å². The number of phenols is 1. The molecule has 0 bridgehead atoms. The third kappa shape index (κ3) is 5.20. The lowest BCUT2D eigenvalue weighted by Crippen LogP contribution is -2.53. The van der Waals surface area contributed by atoms with Crippen molar-refractivity contribution < 1.29 is 38.1 Å². The first kappa shape index (κ1) is 35.6. The molecule has 2 saturated heterocycles. The molecule has 2 heterocycles. The van der Waals surface area contributed by atoms with E-state index in [4.69, 9.17) is 32.7 Å². The predicted octanol–water partition coefficient (Wildman–Crippen LogP) is 7.35. The van der Waals surface area contributed by atoms with Crippen LogP contribution in [0.5, 0.6) is 17.2 Å². The van der Waals surface area contributed by atoms with Crippen LogP contribution in [0.25, 0.3) is 0 Å². The minimum Gasteiger partial charge on any atom is -0.502 e. The number of aryl methyl sites for hydroxylation is 1. The minimum atomic E-state index is -1.63. The number of carbonyl (C=O) groups is 4. The van der Waals surface area contributed by atoms with E-state index in [1.807, 2.05) is 13.0 Å². The highest BCUT2D eigenvalue weighted by molar-refractivity contribution is 6.32. The number of hydrogen-bond donors (Lipinski definition) is 2. The molecular weight excluding hydrogens is 736 g/mol. The molecule has 6 atom stereocenters. The molecule has 2 N–H and O–H groups in total. The summed E-state index contributed by atoms with van der Waals surface area (Å²) in [4.78, 5) is 60.1. The average Bonchev–Trinajstić information content (AvgIpc) is 3.54. The molecular formula is C41H34Cl2FN3O7. The number of allylic oxidation sites excluding steroid dienone is 2. The lowest BCUT2D eigenvalue weighted by Gasteiger charge is -2.50. The highest BCUT2D eigenvalue weighted by Gasteiger charge is 2.70. The summed E-state index contributed by atoms with van der Waals surface area (Å²) in [5.74, 6) is -6.81. The molecule has 6 unspecified atom stereocenters. The summed E-state index contributed by atoms with van der Waals surface area (Å²) < 4.78 is 25.1. The number of fused-ring (bicyclic) bond motifs is 4. The van der Waals surface area contributed by atoms with Crippen LogP contribution in [0.1, 0.15) is 35.4 Å². The zero-order valence-corrected chi connectivity index (χ0v) is 30.8. The summed E-state index contributed by atoms with van der Waals surface area (Å²) in [6, 6.07) is 20.2. The van der Waals surface area contributed by atoms with Crippen molar-refractivity contribution in [2.45, 2.75) is 31.1 Å². The molecule has 3 fully saturated rings. The standard InChI is InChI=1S/C41H34Cl2FN3O7/c1-20-4-13-26(18-31(20)43)46-37(49)28-15-14-27-29(34(28)39(46)51)19-30-38(50)47(45-25-11-9-24(44)10-12-25)40(52)41(30,22-5-7-23(42)8-6-22)35(27)21-16-32(53-2)36(48)33(17-21)54-3/h4-14,16-18,28-30,34-35,45,48H,15,19H2,1-3H3. The van der Waals surface area contributed by atoms with Crippen LogP contribution in [-0.4, -0.2) is 48.0 Å². The molecule has 0 aromatic heterocycles. The van der Waals surface area contributed by atoms with Crippen LogP contribution >= 0.6 is 23.2 Å². The minimum absolute atomic E-state index is 0.0478. The van der Waals surface area contributed by atoms with E-state index in [9.17, 15) is 23.9 Å². The molecule has 0 spiro atoms. The molecule has 4 aromatic rings. The maximum Gasteiger partial charge on any atom is 0.260 e. The van der Waals surface area contributed by atoms with E-state index in [2.05, 4.69) is 5.43 Å². The average molecular weight is 771 g/mol. The summed E-state index contributed by atoms with van der Waals surface area (Å²) in [5.41, 5.74) is 4.39. The summed E-state index contributed by atoms with van der Waals surface area (Å²) in [6.07, 6.45) is 2.16. The molecule has 4 aromatic carbocycles. The first-order valence-corrected chi connectivity index (χ1v) is 18.1. The van der Waals surface area contributed by atoms with Crippen molar-refractivity contribution in [2.75, 3.05) is 24.5 Å². The quantitative estimate of drug-likeness (QED) is 0.148. The summed E-state index contributed by atoms with van der Waals surface area (Å²) in [6.45, 7) is 1.83. The molecule has 1 saturated carbocycles. The number of benzene rings is 4. The molecule has 4 aliphatic rings. The van der Waals surface area contributed by atoms with Gasteiger partial charge in [-0.15, -0.1) is 0 Å². The van der Waals surface area contributed by atoms with Crippen molar-refractivity contribution in [3.8, 4) is 17.2 Å². The van der Waals surface area contributed by atoms with Crippen LogP contribution in [0.15, 0.2) is 90.5 Å². The molecule has 4 amide bonds. The van der Waals surface area contributed by atoms with E-state index in [0.717, 1.165) is 10.6 Å². The maximum absolute atomic E-state index is 15.4. The highest BCUT2D eigenvalue weighted by Crippen LogP contribution is 2.65. The molecule has 54 heavy (non-hydrogen) atoms. The number of hydrogen-bond acceptors (Lipinski definition) is 8. The Morgan fingerprint density at radius 1 is 0.852 bits per heavy atom. The number of halogens is 3. The van der Waals surface area contributed by atoms with Crippen molar-refractivity contribution in [3.05, 3.63) is 123 Å². The fourth-order valence-corrected chi connectivity index (χ4v) is 9.39. The van der Waals surface area contributed by atoms with Crippen molar-refractivity contribution in [3.63, 3.8) is 0 Å². The molecule has 13 heteroatoms. The third-order valence-corrected chi connectivity index (χ3v) is 12.2. The Hall–Kier alpha value is -5.39. The van der Waals surface area contributed by atoms with Crippen molar-refractivity contribution in [2.24, 2.45) is 23.7 Å². The lowest BCUT2D eigenvalue weighted by molar-refractivity contribution is -0.138. The van der Waals surface area contributed by atoms with Crippen molar-refractivity contribution >= 4 is 58.2 Å². The number of rotatable bonds is 7. The summed E-state index contributed by atoms with van der Waals surface area (Å²) in [7, 11) is 2.77. The number of anilines is 2. The first-order chi connectivity index (χ1) is 25.9. The largest absolute Gasteiger partial charge is 0.502 e. The Labute approximate surface area is 320 Å². The predicted molar refractivity (Wildman–Crippen MR) is 199 cm³/mol. The third-order valence-electron chi connectivity index (χ3n) is 11.5. The zero-order chi connectivity index (χ0) is 38.2. The summed E-state index contributed by atoms with van der Waals surface area (Å²) in [5, 5.41) is 12.8. The van der Waals surface area contributed by atoms with Gasteiger partial charge >= 0.3 is 0 Å². The maximum atomic E-state index is 15.4. The number of hydrazine groups is 1. The number of ether oxygens (including phenoxy) is 2. The van der Waals surface area contributed by atoms with Gasteiger partial charge in [-0.25, -0.2) is 9.29 Å². The van der Waals surface area contributed by atoms with E-state index >= 15 is 4.79 Å². The summed E-state index contributed by atoms with van der Waals surface area (Å²) >= 11 is 12.8. The van der Waals surface area contributed by atoms with Crippen LogP contribution < -0.4 is 19.8 Å². The number of phenolic OH excluding ortho intramolecular Hbond substituents is 1. The fourth-order valence-electron chi connectivity index (χ4n) is 9.09. The second-order valence-electron chi connectivity index (χ2n) is 14.1. The van der Waals surface area contributed by atoms with Crippen LogP contribution in [0.4, 0.5) is 15.8 Å². The van der Waals surface area contributed by atoms with Gasteiger partial charge in [-0.3, -0.25) is 24.6 Å². The smallest absolute Gasteiger partial charge is 0.260 e. The molecule has 8 rings (SSSR count). The van der Waals surface area contributed by atoms with E-state index in [1.54, 1.807) is 54.6 Å². The van der Waals surface area contributed by atoms with Crippen molar-refractivity contribution in [1.29, 1.82) is 0 Å². The van der Waals surface area contributed by atoms with Crippen molar-refractivity contribution in [1.82, 2.24) is 5.01 Å². The SMILES string of the molecule is COc1cc(C2C3=CCC4C(=O)N(c5ccc(C)c(Cl)c5)C(=O)C4C3CC3C(=O)N(Nc4ccc(F)cc4)C(=O)C32c2ccc(Cl)cc2)cc(OC)c1O. The Morgan fingerprint density at radius 2 is 1.52 bits per heavy atom. The molecule has 10 nitrogen and oxygen atoms in total. The molecule has 276 valence electrons. The number of nitrogens with one attached hydrogen (secondary N) is 1. The number of aromatic hydroxyl groups is 1. The van der Waals surface area contributed by atoms with Crippen LogP contribution in [0.2, 0.25) is 10.0 Å². The second kappa shape index (κ2) is 13.2. The highest BCUT2D eigenvalue weighted by atomic mass is 35.5. The molecule has 0 radical (unpaired) electrons. The Bertz CT molecular complexity index is 2260. The first-order valence-electron chi connectivity index (χ1n) is 17.4. The van der Waals surface area contributed by atoms with Gasteiger partial charge in [-0.1, -0.05) is 53.1 Å². The van der Waals surface area contributed by atoms with Gasteiger partial charge in [0.05, 0.1) is 48.8 Å². The number of amides is 4.